The molecule has 0 saturated heterocycles. The molecule has 0 amide bonds. The van der Waals surface area contributed by atoms with Crippen molar-refractivity contribution in [3.63, 3.8) is 0 Å². The zero-order valence-corrected chi connectivity index (χ0v) is 11.4. The van der Waals surface area contributed by atoms with Crippen molar-refractivity contribution in [2.45, 2.75) is 12.8 Å². The Kier molecular flexibility index (Phi) is 3.93. The fourth-order valence-electron chi connectivity index (χ4n) is 2.24. The maximum atomic E-state index is 12.0. The summed E-state index contributed by atoms with van der Waals surface area (Å²) < 4.78 is 0. The summed E-state index contributed by atoms with van der Waals surface area (Å²) in [6.07, 6.45) is 0. The van der Waals surface area contributed by atoms with Gasteiger partial charge in [0.1, 0.15) is 5.92 Å². The van der Waals surface area contributed by atoms with Crippen LogP contribution in [0.15, 0.2) is 29.1 Å². The predicted molar refractivity (Wildman–Crippen MR) is 74.2 cm³/mol. The highest BCUT2D eigenvalue weighted by atomic mass is 35.5. The number of hydrogen-bond acceptors (Lipinski definition) is 3. The fraction of sp³-hybridized carbons (Fsp3) is 0.214. The van der Waals surface area contributed by atoms with Crippen molar-refractivity contribution >= 4 is 11.6 Å². The number of nitrogens with zero attached hydrogens (tertiary/aromatic N) is 2. The number of benzene rings is 1. The molecule has 100 valence electrons. The van der Waals surface area contributed by atoms with Gasteiger partial charge in [0.25, 0.3) is 5.56 Å². The first-order valence-corrected chi connectivity index (χ1v) is 6.28. The van der Waals surface area contributed by atoms with Gasteiger partial charge in [0, 0.05) is 22.2 Å². The summed E-state index contributed by atoms with van der Waals surface area (Å²) in [7, 11) is 0. The van der Waals surface area contributed by atoms with Gasteiger partial charge in [-0.2, -0.15) is 10.5 Å². The highest BCUT2D eigenvalue weighted by Gasteiger charge is 2.31. The van der Waals surface area contributed by atoms with Gasteiger partial charge in [0.15, 0.2) is 0 Å². The standard InChI is InChI=1S/C14H11ClN4O/c1-8-12(14(20)19-18-8)13(9(6-16)7-17)10-4-2-3-5-11(10)15/h2-5,9,13H,1H3,(H2,18,19,20). The van der Waals surface area contributed by atoms with Crippen LogP contribution < -0.4 is 5.56 Å². The zero-order valence-electron chi connectivity index (χ0n) is 10.6. The number of hydrogen-bond donors (Lipinski definition) is 2. The minimum absolute atomic E-state index is 0.345. The van der Waals surface area contributed by atoms with E-state index < -0.39 is 11.8 Å². The number of halogens is 1. The number of aromatic amines is 2. The van der Waals surface area contributed by atoms with Crippen LogP contribution in [0.2, 0.25) is 5.02 Å². The highest BCUT2D eigenvalue weighted by molar-refractivity contribution is 6.31. The molecule has 1 aromatic heterocycles. The molecule has 20 heavy (non-hydrogen) atoms. The van der Waals surface area contributed by atoms with E-state index in [2.05, 4.69) is 10.2 Å². The molecule has 0 radical (unpaired) electrons. The molecule has 0 fully saturated rings. The van der Waals surface area contributed by atoms with Crippen molar-refractivity contribution < 1.29 is 0 Å². The number of rotatable bonds is 3. The summed E-state index contributed by atoms with van der Waals surface area (Å²) in [5.74, 6) is -1.68. The van der Waals surface area contributed by atoms with Gasteiger partial charge < -0.3 is 5.10 Å². The summed E-state index contributed by atoms with van der Waals surface area (Å²) in [6.45, 7) is 1.71. The van der Waals surface area contributed by atoms with E-state index in [-0.39, 0.29) is 5.56 Å². The Hall–Kier alpha value is -2.50. The van der Waals surface area contributed by atoms with Gasteiger partial charge in [-0.3, -0.25) is 9.89 Å². The van der Waals surface area contributed by atoms with Gasteiger partial charge in [-0.05, 0) is 18.6 Å². The van der Waals surface area contributed by atoms with Crippen LogP contribution in [0.1, 0.15) is 22.7 Å². The maximum Gasteiger partial charge on any atom is 0.268 e. The van der Waals surface area contributed by atoms with E-state index in [0.29, 0.717) is 21.8 Å². The SMILES string of the molecule is Cc1[nH][nH]c(=O)c1C(c1ccccc1Cl)C(C#N)C#N. The second-order valence-electron chi connectivity index (χ2n) is 4.35. The molecule has 0 aliphatic carbocycles. The van der Waals surface area contributed by atoms with E-state index in [1.54, 1.807) is 31.2 Å². The highest BCUT2D eigenvalue weighted by Crippen LogP contribution is 2.35. The minimum atomic E-state index is -0.995. The molecule has 1 heterocycles. The van der Waals surface area contributed by atoms with Gasteiger partial charge >= 0.3 is 0 Å². The quantitative estimate of drug-likeness (QED) is 0.907. The summed E-state index contributed by atoms with van der Waals surface area (Å²) in [5.41, 5.74) is 1.21. The van der Waals surface area contributed by atoms with Crippen LogP contribution >= 0.6 is 11.6 Å². The fourth-order valence-corrected chi connectivity index (χ4v) is 2.49. The average molecular weight is 287 g/mol. The van der Waals surface area contributed by atoms with Crippen LogP contribution in [0.25, 0.3) is 0 Å². The molecule has 0 saturated carbocycles. The molecule has 1 unspecified atom stereocenters. The molecule has 0 aliphatic rings. The van der Waals surface area contributed by atoms with Crippen LogP contribution in [0.3, 0.4) is 0 Å². The Labute approximate surface area is 120 Å². The van der Waals surface area contributed by atoms with Gasteiger partial charge in [-0.1, -0.05) is 29.8 Å². The molecule has 0 bridgehead atoms. The molecule has 2 aromatic rings. The Morgan fingerprint density at radius 2 is 1.85 bits per heavy atom. The molecule has 6 heteroatoms. The molecule has 2 N–H and O–H groups in total. The number of H-pyrrole nitrogens is 2. The van der Waals surface area contributed by atoms with Crippen molar-refractivity contribution in [3.05, 3.63) is 56.5 Å². The van der Waals surface area contributed by atoms with Crippen molar-refractivity contribution in [2.75, 3.05) is 0 Å². The van der Waals surface area contributed by atoms with E-state index in [1.807, 2.05) is 12.1 Å². The van der Waals surface area contributed by atoms with Crippen molar-refractivity contribution in [3.8, 4) is 12.1 Å². The average Bonchev–Trinajstić information content (AvgIpc) is 2.77. The Morgan fingerprint density at radius 3 is 2.35 bits per heavy atom. The van der Waals surface area contributed by atoms with Gasteiger partial charge in [0.2, 0.25) is 0 Å². The minimum Gasteiger partial charge on any atom is -0.302 e. The third-order valence-corrected chi connectivity index (χ3v) is 3.52. The van der Waals surface area contributed by atoms with Gasteiger partial charge in [0.05, 0.1) is 12.1 Å². The molecule has 1 atom stereocenters. The number of aryl methyl sites for hydroxylation is 1. The van der Waals surface area contributed by atoms with Crippen LogP contribution in [-0.4, -0.2) is 10.2 Å². The van der Waals surface area contributed by atoms with E-state index in [9.17, 15) is 15.3 Å². The normalized spacial score (nSPS) is 11.8. The van der Waals surface area contributed by atoms with Crippen LogP contribution in [0.4, 0.5) is 0 Å². The second kappa shape index (κ2) is 5.64. The first-order valence-electron chi connectivity index (χ1n) is 5.91. The Balaban J connectivity index is 2.71. The summed E-state index contributed by atoms with van der Waals surface area (Å²) in [4.78, 5) is 12.0. The van der Waals surface area contributed by atoms with E-state index >= 15 is 0 Å². The van der Waals surface area contributed by atoms with Crippen molar-refractivity contribution in [1.29, 1.82) is 10.5 Å². The zero-order chi connectivity index (χ0) is 14.7. The lowest BCUT2D eigenvalue weighted by Crippen LogP contribution is -2.19. The lowest BCUT2D eigenvalue weighted by molar-refractivity contribution is 0.701. The molecule has 1 aromatic carbocycles. The van der Waals surface area contributed by atoms with Crippen LogP contribution in [-0.2, 0) is 0 Å². The van der Waals surface area contributed by atoms with Gasteiger partial charge in [-0.25, -0.2) is 0 Å². The van der Waals surface area contributed by atoms with E-state index in [1.165, 1.54) is 0 Å². The summed E-state index contributed by atoms with van der Waals surface area (Å²) in [6, 6.07) is 10.8. The summed E-state index contributed by atoms with van der Waals surface area (Å²) >= 11 is 6.16. The second-order valence-corrected chi connectivity index (χ2v) is 4.76. The molecular formula is C14H11ClN4O. The first kappa shape index (κ1) is 13.9. The third kappa shape index (κ3) is 2.32. The van der Waals surface area contributed by atoms with Crippen molar-refractivity contribution in [2.24, 2.45) is 5.92 Å². The smallest absolute Gasteiger partial charge is 0.268 e. The Morgan fingerprint density at radius 1 is 1.20 bits per heavy atom. The maximum absolute atomic E-state index is 12.0. The lowest BCUT2D eigenvalue weighted by Gasteiger charge is -2.18. The molecular weight excluding hydrogens is 276 g/mol. The molecule has 5 nitrogen and oxygen atoms in total. The monoisotopic (exact) mass is 286 g/mol. The third-order valence-electron chi connectivity index (χ3n) is 3.17. The molecule has 2 rings (SSSR count). The topological polar surface area (TPSA) is 96.2 Å². The number of aromatic nitrogens is 2. The van der Waals surface area contributed by atoms with E-state index in [0.717, 1.165) is 0 Å². The predicted octanol–water partition coefficient (Wildman–Crippen LogP) is 2.46. The Bertz CT molecular complexity index is 748. The van der Waals surface area contributed by atoms with E-state index in [4.69, 9.17) is 11.6 Å². The van der Waals surface area contributed by atoms with Crippen molar-refractivity contribution in [1.82, 2.24) is 10.2 Å². The lowest BCUT2D eigenvalue weighted by atomic mass is 9.82. The van der Waals surface area contributed by atoms with Crippen LogP contribution in [0, 0.1) is 35.5 Å². The number of nitriles is 2. The van der Waals surface area contributed by atoms with Crippen LogP contribution in [0.5, 0.6) is 0 Å². The molecule has 0 spiro atoms. The van der Waals surface area contributed by atoms with Gasteiger partial charge in [-0.15, -0.1) is 0 Å². The first-order chi connectivity index (χ1) is 9.60. The number of nitrogens with one attached hydrogen (secondary N) is 2. The largest absolute Gasteiger partial charge is 0.302 e. The molecule has 0 aliphatic heterocycles. The summed E-state index contributed by atoms with van der Waals surface area (Å²) in [5, 5.41) is 24.0.